The smallest absolute Gasteiger partial charge is 0.211 e. The molecule has 0 saturated heterocycles. The summed E-state index contributed by atoms with van der Waals surface area (Å²) in [5, 5.41) is 0. The zero-order valence-corrected chi connectivity index (χ0v) is 8.18. The highest BCUT2D eigenvalue weighted by Crippen LogP contribution is 2.54. The van der Waals surface area contributed by atoms with E-state index in [0.717, 1.165) is 12.8 Å². The number of hydrogen-bond acceptors (Lipinski definition) is 2. The summed E-state index contributed by atoms with van der Waals surface area (Å²) in [6.45, 7) is 0.589. The van der Waals surface area contributed by atoms with E-state index >= 15 is 0 Å². The molecule has 13 heavy (non-hydrogen) atoms. The lowest BCUT2D eigenvalue weighted by Gasteiger charge is -2.26. The predicted molar refractivity (Wildman–Crippen MR) is 51.6 cm³/mol. The van der Waals surface area contributed by atoms with Crippen molar-refractivity contribution in [2.45, 2.75) is 19.3 Å². The van der Waals surface area contributed by atoms with Crippen LogP contribution in [0.15, 0.2) is 16.6 Å². The molecule has 1 saturated carbocycles. The molecule has 2 rings (SSSR count). The highest BCUT2D eigenvalue weighted by molar-refractivity contribution is 6.19. The first-order valence-electron chi connectivity index (χ1n) is 4.61. The highest BCUT2D eigenvalue weighted by Gasteiger charge is 2.45. The van der Waals surface area contributed by atoms with E-state index in [0.29, 0.717) is 18.3 Å². The van der Waals surface area contributed by atoms with Gasteiger partial charge in [-0.05, 0) is 25.2 Å². The second kappa shape index (κ2) is 3.28. The van der Waals surface area contributed by atoms with Crippen molar-refractivity contribution in [2.24, 2.45) is 16.3 Å². The van der Waals surface area contributed by atoms with Gasteiger partial charge in [-0.25, -0.2) is 9.79 Å². The number of hydrogen-bond donors (Lipinski definition) is 0. The van der Waals surface area contributed by atoms with Gasteiger partial charge in [-0.15, -0.1) is 11.6 Å². The van der Waals surface area contributed by atoms with Crippen LogP contribution in [0.5, 0.6) is 0 Å². The Morgan fingerprint density at radius 2 is 2.62 bits per heavy atom. The van der Waals surface area contributed by atoms with E-state index in [-0.39, 0.29) is 5.41 Å². The summed E-state index contributed by atoms with van der Waals surface area (Å²) < 4.78 is 0. The molecule has 0 heterocycles. The van der Waals surface area contributed by atoms with Crippen LogP contribution < -0.4 is 0 Å². The maximum absolute atomic E-state index is 10.1. The molecule has 2 aliphatic rings. The third-order valence-corrected chi connectivity index (χ3v) is 3.64. The van der Waals surface area contributed by atoms with Gasteiger partial charge < -0.3 is 0 Å². The number of carbonyl (C=O) groups excluding carboxylic acids is 1. The van der Waals surface area contributed by atoms with Crippen molar-refractivity contribution in [1.29, 1.82) is 0 Å². The normalized spacial score (nSPS) is 35.8. The number of alkyl halides is 1. The molecule has 0 radical (unpaired) electrons. The molecule has 2 unspecified atom stereocenters. The average Bonchev–Trinajstić information content (AvgIpc) is 2.71. The van der Waals surface area contributed by atoms with Gasteiger partial charge in [-0.3, -0.25) is 0 Å². The van der Waals surface area contributed by atoms with E-state index in [1.54, 1.807) is 6.08 Å². The van der Waals surface area contributed by atoms with Gasteiger partial charge in [0.2, 0.25) is 6.08 Å². The molecular formula is C10H12ClNO. The lowest BCUT2D eigenvalue weighted by atomic mass is 9.81. The lowest BCUT2D eigenvalue weighted by molar-refractivity contribution is 0.391. The number of halogens is 1. The Morgan fingerprint density at radius 1 is 1.77 bits per heavy atom. The van der Waals surface area contributed by atoms with Crippen molar-refractivity contribution in [1.82, 2.24) is 0 Å². The fraction of sp³-hybridized carbons (Fsp3) is 0.700. The first kappa shape index (κ1) is 8.98. The molecule has 0 aromatic carbocycles. The fourth-order valence-corrected chi connectivity index (χ4v) is 3.05. The maximum atomic E-state index is 10.1. The van der Waals surface area contributed by atoms with Gasteiger partial charge >= 0.3 is 0 Å². The summed E-state index contributed by atoms with van der Waals surface area (Å²) in [6, 6.07) is 0. The topological polar surface area (TPSA) is 29.4 Å². The number of fused-ring (bicyclic) bond motifs is 2. The van der Waals surface area contributed by atoms with Crippen LogP contribution in [-0.4, -0.2) is 18.5 Å². The van der Waals surface area contributed by atoms with Gasteiger partial charge in [-0.1, -0.05) is 11.6 Å². The molecular weight excluding hydrogens is 186 g/mol. The molecule has 0 amide bonds. The Morgan fingerprint density at radius 3 is 3.23 bits per heavy atom. The van der Waals surface area contributed by atoms with Crippen LogP contribution in [0.25, 0.3) is 0 Å². The van der Waals surface area contributed by atoms with Gasteiger partial charge in [0.1, 0.15) is 0 Å². The Balaban J connectivity index is 2.21. The van der Waals surface area contributed by atoms with E-state index in [1.165, 1.54) is 12.0 Å². The minimum atomic E-state index is 0.129. The van der Waals surface area contributed by atoms with Crippen molar-refractivity contribution in [3.63, 3.8) is 0 Å². The molecule has 1 fully saturated rings. The zero-order chi connectivity index (χ0) is 9.31. The number of isocyanates is 1. The van der Waals surface area contributed by atoms with E-state index in [2.05, 4.69) is 11.1 Å². The second-order valence-corrected chi connectivity index (χ2v) is 4.28. The molecule has 0 N–H and O–H groups in total. The SMILES string of the molecule is O=C=NCC12CCC(C=C1CCl)C2. The Labute approximate surface area is 82.7 Å². The van der Waals surface area contributed by atoms with Crippen LogP contribution in [0, 0.1) is 11.3 Å². The standard InChI is InChI=1S/C10H12ClNO/c11-5-9-3-8-1-2-10(9,4-8)6-12-7-13/h3,8H,1-2,4-6H2. The van der Waals surface area contributed by atoms with Crippen molar-refractivity contribution in [3.05, 3.63) is 11.6 Å². The van der Waals surface area contributed by atoms with Crippen molar-refractivity contribution in [2.75, 3.05) is 12.4 Å². The van der Waals surface area contributed by atoms with Crippen molar-refractivity contribution in [3.8, 4) is 0 Å². The number of nitrogens with zero attached hydrogens (tertiary/aromatic N) is 1. The fourth-order valence-electron chi connectivity index (χ4n) is 2.68. The molecule has 0 aromatic heterocycles. The molecule has 2 bridgehead atoms. The molecule has 0 aromatic rings. The van der Waals surface area contributed by atoms with Crippen molar-refractivity contribution < 1.29 is 4.79 Å². The molecule has 0 aliphatic heterocycles. The van der Waals surface area contributed by atoms with Gasteiger partial charge in [0.25, 0.3) is 0 Å². The van der Waals surface area contributed by atoms with Crippen LogP contribution in [0.2, 0.25) is 0 Å². The van der Waals surface area contributed by atoms with Gasteiger partial charge in [0.15, 0.2) is 0 Å². The van der Waals surface area contributed by atoms with Crippen LogP contribution in [-0.2, 0) is 4.79 Å². The quantitative estimate of drug-likeness (QED) is 0.296. The summed E-state index contributed by atoms with van der Waals surface area (Å²) in [7, 11) is 0. The van der Waals surface area contributed by atoms with Crippen LogP contribution in [0.1, 0.15) is 19.3 Å². The van der Waals surface area contributed by atoms with Gasteiger partial charge in [-0.2, -0.15) is 0 Å². The van der Waals surface area contributed by atoms with E-state index in [4.69, 9.17) is 11.6 Å². The third-order valence-electron chi connectivity index (χ3n) is 3.35. The van der Waals surface area contributed by atoms with Crippen LogP contribution >= 0.6 is 11.6 Å². The Hall–Kier alpha value is -0.590. The summed E-state index contributed by atoms with van der Waals surface area (Å²) in [4.78, 5) is 13.8. The van der Waals surface area contributed by atoms with E-state index in [9.17, 15) is 4.79 Å². The molecule has 2 aliphatic carbocycles. The summed E-state index contributed by atoms with van der Waals surface area (Å²) in [5.74, 6) is 1.28. The Bertz CT molecular complexity index is 293. The van der Waals surface area contributed by atoms with Gasteiger partial charge in [0.05, 0.1) is 6.54 Å². The molecule has 2 atom stereocenters. The van der Waals surface area contributed by atoms with E-state index in [1.807, 2.05) is 0 Å². The number of rotatable bonds is 3. The number of allylic oxidation sites excluding steroid dienone is 1. The average molecular weight is 198 g/mol. The first-order chi connectivity index (χ1) is 6.30. The maximum Gasteiger partial charge on any atom is 0.234 e. The minimum absolute atomic E-state index is 0.129. The zero-order valence-electron chi connectivity index (χ0n) is 7.42. The second-order valence-electron chi connectivity index (χ2n) is 4.02. The largest absolute Gasteiger partial charge is 0.234 e. The lowest BCUT2D eigenvalue weighted by Crippen LogP contribution is -2.22. The van der Waals surface area contributed by atoms with Crippen molar-refractivity contribution >= 4 is 17.7 Å². The highest BCUT2D eigenvalue weighted by atomic mass is 35.5. The Kier molecular flexibility index (Phi) is 2.27. The third kappa shape index (κ3) is 1.34. The summed E-state index contributed by atoms with van der Waals surface area (Å²) in [6.07, 6.45) is 7.41. The molecule has 70 valence electrons. The number of aliphatic imine (C=N–C) groups is 1. The predicted octanol–water partition coefficient (Wildman–Crippen LogP) is 2.29. The van der Waals surface area contributed by atoms with Gasteiger partial charge in [0, 0.05) is 11.3 Å². The molecule has 0 spiro atoms. The first-order valence-corrected chi connectivity index (χ1v) is 5.15. The monoisotopic (exact) mass is 197 g/mol. The summed E-state index contributed by atoms with van der Waals surface area (Å²) >= 11 is 5.86. The molecule has 2 nitrogen and oxygen atoms in total. The summed E-state index contributed by atoms with van der Waals surface area (Å²) in [5.41, 5.74) is 1.42. The van der Waals surface area contributed by atoms with E-state index < -0.39 is 0 Å². The van der Waals surface area contributed by atoms with Crippen LogP contribution in [0.3, 0.4) is 0 Å². The van der Waals surface area contributed by atoms with Crippen LogP contribution in [0.4, 0.5) is 0 Å². The molecule has 3 heteroatoms. The minimum Gasteiger partial charge on any atom is -0.211 e.